The van der Waals surface area contributed by atoms with Crippen LogP contribution in [0.4, 0.5) is 0 Å². The van der Waals surface area contributed by atoms with Crippen molar-refractivity contribution in [2.45, 2.75) is 32.6 Å². The van der Waals surface area contributed by atoms with Gasteiger partial charge in [-0.1, -0.05) is 13.3 Å². The number of likely N-dealkylation sites (tertiary alicyclic amines) is 1. The van der Waals surface area contributed by atoms with Gasteiger partial charge in [-0.05, 0) is 25.2 Å². The lowest BCUT2D eigenvalue weighted by molar-refractivity contribution is -0.134. The van der Waals surface area contributed by atoms with Gasteiger partial charge in [-0.3, -0.25) is 0 Å². The van der Waals surface area contributed by atoms with E-state index in [9.17, 15) is 4.79 Å². The van der Waals surface area contributed by atoms with Gasteiger partial charge in [0.1, 0.15) is 0 Å². The minimum atomic E-state index is -0.272. The number of carbonyl (C=O) groups excluding carboxylic acids is 1. The Kier molecular flexibility index (Phi) is 5.22. The van der Waals surface area contributed by atoms with Gasteiger partial charge in [0.25, 0.3) is 0 Å². The first kappa shape index (κ1) is 12.1. The lowest BCUT2D eigenvalue weighted by Gasteiger charge is -2.17. The van der Waals surface area contributed by atoms with E-state index in [1.807, 2.05) is 6.20 Å². The number of methoxy groups -OCH3 is 1. The van der Waals surface area contributed by atoms with E-state index in [2.05, 4.69) is 16.6 Å². The fourth-order valence-electron chi connectivity index (χ4n) is 1.98. The summed E-state index contributed by atoms with van der Waals surface area (Å²) >= 11 is 0. The summed E-state index contributed by atoms with van der Waals surface area (Å²) in [6, 6.07) is 0. The molecule has 1 rings (SSSR count). The molecule has 1 aliphatic rings. The number of carbonyl (C=O) groups is 1. The zero-order chi connectivity index (χ0) is 11.1. The Balaban J connectivity index is 2.37. The van der Waals surface area contributed by atoms with Crippen LogP contribution in [0.2, 0.25) is 0 Å². The molecule has 0 aromatic heterocycles. The Morgan fingerprint density at radius 3 is 2.93 bits per heavy atom. The summed E-state index contributed by atoms with van der Waals surface area (Å²) in [6.45, 7) is 4.38. The average molecular weight is 211 g/mol. The molecule has 0 aromatic rings. The van der Waals surface area contributed by atoms with Crippen LogP contribution in [0.3, 0.4) is 0 Å². The number of hydrogen-bond acceptors (Lipinski definition) is 3. The highest BCUT2D eigenvalue weighted by atomic mass is 16.5. The predicted octanol–water partition coefficient (Wildman–Crippen LogP) is 2.19. The maximum atomic E-state index is 10.9. The van der Waals surface area contributed by atoms with E-state index >= 15 is 0 Å². The van der Waals surface area contributed by atoms with Crippen LogP contribution in [0.5, 0.6) is 0 Å². The first-order valence-electron chi connectivity index (χ1n) is 5.76. The summed E-state index contributed by atoms with van der Waals surface area (Å²) in [6.07, 6.45) is 8.43. The van der Waals surface area contributed by atoms with Crippen molar-refractivity contribution in [3.05, 3.63) is 12.3 Å². The molecular weight excluding hydrogens is 190 g/mol. The maximum absolute atomic E-state index is 10.9. The molecule has 0 aliphatic carbocycles. The van der Waals surface area contributed by atoms with Crippen LogP contribution in [-0.2, 0) is 9.53 Å². The van der Waals surface area contributed by atoms with Gasteiger partial charge in [0, 0.05) is 25.4 Å². The number of esters is 1. The molecule has 15 heavy (non-hydrogen) atoms. The lowest BCUT2D eigenvalue weighted by Crippen LogP contribution is -2.18. The van der Waals surface area contributed by atoms with Gasteiger partial charge in [-0.15, -0.1) is 0 Å². The second-order valence-corrected chi connectivity index (χ2v) is 4.08. The fraction of sp³-hybridized carbons (Fsp3) is 0.750. The molecule has 0 aromatic carbocycles. The molecule has 1 heterocycles. The third-order valence-electron chi connectivity index (χ3n) is 3.08. The third kappa shape index (κ3) is 4.36. The second-order valence-electron chi connectivity index (χ2n) is 4.08. The molecule has 0 bridgehead atoms. The van der Waals surface area contributed by atoms with Crippen LogP contribution < -0.4 is 0 Å². The smallest absolute Gasteiger partial charge is 0.331 e. The molecule has 0 amide bonds. The van der Waals surface area contributed by atoms with Crippen LogP contribution >= 0.6 is 0 Å². The van der Waals surface area contributed by atoms with Crippen LogP contribution in [0.15, 0.2) is 12.3 Å². The van der Waals surface area contributed by atoms with Gasteiger partial charge < -0.3 is 9.64 Å². The molecule has 3 nitrogen and oxygen atoms in total. The summed E-state index contributed by atoms with van der Waals surface area (Å²) in [4.78, 5) is 13.1. The first-order valence-corrected chi connectivity index (χ1v) is 5.76. The zero-order valence-corrected chi connectivity index (χ0v) is 9.74. The number of rotatable bonds is 3. The van der Waals surface area contributed by atoms with E-state index in [-0.39, 0.29) is 5.97 Å². The highest BCUT2D eigenvalue weighted by Crippen LogP contribution is 2.20. The van der Waals surface area contributed by atoms with Crippen molar-refractivity contribution in [3.8, 4) is 0 Å². The number of nitrogens with zero attached hydrogens (tertiary/aromatic N) is 1. The van der Waals surface area contributed by atoms with Gasteiger partial charge >= 0.3 is 5.97 Å². The van der Waals surface area contributed by atoms with Crippen molar-refractivity contribution in [1.82, 2.24) is 4.90 Å². The Morgan fingerprint density at radius 1 is 1.47 bits per heavy atom. The Labute approximate surface area is 92.1 Å². The Bertz CT molecular complexity index is 226. The van der Waals surface area contributed by atoms with Crippen molar-refractivity contribution in [1.29, 1.82) is 0 Å². The molecule has 1 atom stereocenters. The number of hydrogen-bond donors (Lipinski definition) is 0. The molecule has 1 fully saturated rings. The minimum Gasteiger partial charge on any atom is -0.466 e. The summed E-state index contributed by atoms with van der Waals surface area (Å²) in [7, 11) is 1.40. The van der Waals surface area contributed by atoms with Crippen molar-refractivity contribution in [2.75, 3.05) is 20.2 Å². The standard InChI is InChI=1S/C12H21NO2/c1-3-11-5-4-8-13(9-6-11)10-7-12(14)15-2/h7,10-11H,3-6,8-9H2,1-2H3. The predicted molar refractivity (Wildman–Crippen MR) is 60.4 cm³/mol. The fourth-order valence-corrected chi connectivity index (χ4v) is 1.98. The molecule has 0 N–H and O–H groups in total. The second kappa shape index (κ2) is 6.49. The molecular formula is C12H21NO2. The van der Waals surface area contributed by atoms with E-state index in [1.54, 1.807) is 0 Å². The minimum absolute atomic E-state index is 0.272. The van der Waals surface area contributed by atoms with E-state index in [0.29, 0.717) is 0 Å². The van der Waals surface area contributed by atoms with Gasteiger partial charge in [-0.2, -0.15) is 0 Å². The van der Waals surface area contributed by atoms with Crippen LogP contribution in [-0.4, -0.2) is 31.1 Å². The number of ether oxygens (including phenoxy) is 1. The van der Waals surface area contributed by atoms with Gasteiger partial charge in [-0.25, -0.2) is 4.79 Å². The first-order chi connectivity index (χ1) is 7.26. The molecule has 86 valence electrons. The zero-order valence-electron chi connectivity index (χ0n) is 9.74. The van der Waals surface area contributed by atoms with Crippen LogP contribution in [0.1, 0.15) is 32.6 Å². The maximum Gasteiger partial charge on any atom is 0.331 e. The van der Waals surface area contributed by atoms with Crippen molar-refractivity contribution in [3.63, 3.8) is 0 Å². The van der Waals surface area contributed by atoms with E-state index in [4.69, 9.17) is 0 Å². The lowest BCUT2D eigenvalue weighted by atomic mass is 9.98. The van der Waals surface area contributed by atoms with Gasteiger partial charge in [0.2, 0.25) is 0 Å². The van der Waals surface area contributed by atoms with E-state index in [0.717, 1.165) is 19.0 Å². The molecule has 1 unspecified atom stereocenters. The van der Waals surface area contributed by atoms with Crippen LogP contribution in [0, 0.1) is 5.92 Å². The largest absolute Gasteiger partial charge is 0.466 e. The topological polar surface area (TPSA) is 29.5 Å². The quantitative estimate of drug-likeness (QED) is 0.529. The normalized spacial score (nSPS) is 22.8. The average Bonchev–Trinajstić information content (AvgIpc) is 2.50. The molecule has 0 radical (unpaired) electrons. The van der Waals surface area contributed by atoms with E-state index < -0.39 is 0 Å². The Morgan fingerprint density at radius 2 is 2.27 bits per heavy atom. The summed E-state index contributed by atoms with van der Waals surface area (Å²) < 4.78 is 4.56. The third-order valence-corrected chi connectivity index (χ3v) is 3.08. The van der Waals surface area contributed by atoms with Gasteiger partial charge in [0.15, 0.2) is 0 Å². The van der Waals surface area contributed by atoms with Crippen molar-refractivity contribution in [2.24, 2.45) is 5.92 Å². The molecule has 3 heteroatoms. The van der Waals surface area contributed by atoms with E-state index in [1.165, 1.54) is 38.9 Å². The summed E-state index contributed by atoms with van der Waals surface area (Å²) in [5.74, 6) is 0.591. The highest BCUT2D eigenvalue weighted by molar-refractivity contribution is 5.81. The monoisotopic (exact) mass is 211 g/mol. The summed E-state index contributed by atoms with van der Waals surface area (Å²) in [5, 5.41) is 0. The van der Waals surface area contributed by atoms with Crippen molar-refractivity contribution >= 4 is 5.97 Å². The Hall–Kier alpha value is -0.990. The molecule has 1 saturated heterocycles. The molecule has 0 saturated carbocycles. The van der Waals surface area contributed by atoms with Crippen molar-refractivity contribution < 1.29 is 9.53 Å². The SMILES string of the molecule is CCC1CCCN(C=CC(=O)OC)CC1. The molecule has 0 spiro atoms. The summed E-state index contributed by atoms with van der Waals surface area (Å²) in [5.41, 5.74) is 0. The highest BCUT2D eigenvalue weighted by Gasteiger charge is 2.13. The van der Waals surface area contributed by atoms with Crippen LogP contribution in [0.25, 0.3) is 0 Å². The van der Waals surface area contributed by atoms with Gasteiger partial charge in [0.05, 0.1) is 7.11 Å². The molecule has 1 aliphatic heterocycles.